The number of rotatable bonds is 71. The summed E-state index contributed by atoms with van der Waals surface area (Å²) in [6.07, 6.45) is 4.13. The molecule has 748 valence electrons. The molecule has 2 aliphatic heterocycles. The summed E-state index contributed by atoms with van der Waals surface area (Å²) < 4.78 is 123. The Morgan fingerprint density at radius 1 is 0.297 bits per heavy atom. The lowest BCUT2D eigenvalue weighted by atomic mass is 10.1. The molecule has 1 atom stereocenters. The molecule has 0 bridgehead atoms. The van der Waals surface area contributed by atoms with Crippen molar-refractivity contribution in [1.82, 2.24) is 29.4 Å². The number of carbonyl (C=O) groups excluding carboxylic acids is 14. The Hall–Kier alpha value is -8.10. The molecule has 45 heteroatoms. The lowest BCUT2D eigenvalue weighted by Crippen LogP contribution is -2.34. The van der Waals surface area contributed by atoms with Gasteiger partial charge in [-0.2, -0.15) is 0 Å². The summed E-state index contributed by atoms with van der Waals surface area (Å²) in [6, 6.07) is 0. The molecule has 0 saturated carbocycles. The molecule has 2 rings (SSSR count). The van der Waals surface area contributed by atoms with Gasteiger partial charge >= 0.3 is 77.6 Å². The van der Waals surface area contributed by atoms with E-state index in [2.05, 4.69) is 47.7 Å². The highest BCUT2D eigenvalue weighted by Crippen LogP contribution is 2.13. The minimum atomic E-state index is -0.434. The Morgan fingerprint density at radius 2 is 0.562 bits per heavy atom. The fourth-order valence-electron chi connectivity index (χ4n) is 10.2. The molecule has 0 aromatic heterocycles. The predicted molar refractivity (Wildman–Crippen MR) is 455 cm³/mol. The van der Waals surface area contributed by atoms with Gasteiger partial charge in [-0.25, -0.2) is 0 Å². The zero-order chi connectivity index (χ0) is 96.3. The van der Waals surface area contributed by atoms with Gasteiger partial charge in [0.05, 0.1) is 192 Å². The zero-order valence-corrected chi connectivity index (χ0v) is 78.6. The molecular weight excluding hydrogens is 1700 g/mol. The van der Waals surface area contributed by atoms with Gasteiger partial charge in [0, 0.05) is 194 Å². The predicted octanol–water partition coefficient (Wildman–Crippen LogP) is 0.558. The summed E-state index contributed by atoms with van der Waals surface area (Å²) >= 11 is 0. The van der Waals surface area contributed by atoms with Crippen LogP contribution in [-0.2, 0) is 186 Å². The fraction of sp³-hybridized carbons (Fsp3) is 0.831. The van der Waals surface area contributed by atoms with Gasteiger partial charge < -0.3 is 118 Å². The van der Waals surface area contributed by atoms with E-state index >= 15 is 0 Å². The summed E-state index contributed by atoms with van der Waals surface area (Å²) in [5.74, 6) is -4.12. The summed E-state index contributed by atoms with van der Waals surface area (Å²) in [4.78, 5) is 167. The second-order valence-electron chi connectivity index (χ2n) is 27.1. The Labute approximate surface area is 754 Å². The number of methoxy groups -OCH3 is 11. The number of esters is 13. The monoisotopic (exact) mass is 1860 g/mol. The number of hydrogen-bond donors (Lipinski definition) is 0. The molecule has 1 unspecified atom stereocenters. The van der Waals surface area contributed by atoms with Crippen molar-refractivity contribution in [3.63, 3.8) is 0 Å². The third-order valence-electron chi connectivity index (χ3n) is 17.4. The lowest BCUT2D eigenvalue weighted by molar-refractivity contribution is -0.154. The number of nitrogens with zero attached hydrogens (tertiary/aromatic N) is 6. The molecule has 2 heterocycles. The second-order valence-corrected chi connectivity index (χ2v) is 27.1. The second kappa shape index (κ2) is 93.6. The molecule has 2 fully saturated rings. The highest BCUT2D eigenvalue weighted by molar-refractivity contribution is 5.73. The van der Waals surface area contributed by atoms with Gasteiger partial charge in [0.1, 0.15) is 65.2 Å². The molecule has 0 spiro atoms. The van der Waals surface area contributed by atoms with E-state index in [1.54, 1.807) is 49.6 Å². The standard InChI is InChI=1S/C17H29NO9.C14H25NO7.C14H27NO5.C13H23NO7.C13H25NO6.C12H23NO5/c1-14(19)24-10-12-26-16(21)4-6-18(8-9-23-3)7-5-17(22)27-13-11-25-15(2)20;1-12(16)22-11-10-21-9-8-15(6-4-13(17)19-2)7-5-14(18)20-3;1-17-11-7-15(8-12-18-2)6-3-14(16)20-13-4-9-19-10-5-13;1-18-12(16)3-5-14(6-4-13(17)19-2)7-8-20-9-10-21-11-15;1-16-7-5-14(6-8-17-2)4-3-13(15)19-10-12-9-18-11-20-12;1-4-18-12(15)6-8-13(9-10-16-2)7-5-11(14)17-3/h4-13H2,1-3H3;4-11H2,1-3H3;13H,3-12H2,1-2H3;11H,3-10H2,1-2H3;12H,3-11H2,1-2H3;4-10H2,1-3H3. The van der Waals surface area contributed by atoms with E-state index in [1.807, 2.05) is 19.6 Å². The first-order valence-corrected chi connectivity index (χ1v) is 42.4. The van der Waals surface area contributed by atoms with Gasteiger partial charge in [-0.15, -0.1) is 0 Å². The number of carbonyl (C=O) groups is 14. The summed E-state index contributed by atoms with van der Waals surface area (Å²) in [6.45, 7) is 24.8. The molecule has 0 aliphatic carbocycles. The van der Waals surface area contributed by atoms with E-state index in [0.717, 1.165) is 39.0 Å². The highest BCUT2D eigenvalue weighted by Gasteiger charge is 2.22. The van der Waals surface area contributed by atoms with E-state index in [4.69, 9.17) is 80.5 Å². The van der Waals surface area contributed by atoms with Crippen LogP contribution in [-0.4, -0.2) is 467 Å². The Bertz CT molecular complexity index is 2720. The van der Waals surface area contributed by atoms with Crippen molar-refractivity contribution in [2.75, 3.05) is 342 Å². The molecule has 0 aromatic rings. The fourth-order valence-corrected chi connectivity index (χ4v) is 10.2. The van der Waals surface area contributed by atoms with Gasteiger partial charge in [-0.05, 0) is 6.92 Å². The molecule has 0 N–H and O–H groups in total. The van der Waals surface area contributed by atoms with Crippen LogP contribution in [0.4, 0.5) is 0 Å². The minimum absolute atomic E-state index is 0.00510. The average molecular weight is 1860 g/mol. The molecule has 0 aromatic carbocycles. The summed E-state index contributed by atoms with van der Waals surface area (Å²) in [7, 11) is 16.5. The van der Waals surface area contributed by atoms with Crippen LogP contribution in [0.3, 0.4) is 0 Å². The van der Waals surface area contributed by atoms with E-state index in [0.29, 0.717) is 216 Å². The van der Waals surface area contributed by atoms with Crippen LogP contribution >= 0.6 is 0 Å². The van der Waals surface area contributed by atoms with Crippen LogP contribution < -0.4 is 0 Å². The van der Waals surface area contributed by atoms with Crippen LogP contribution in [0.15, 0.2) is 0 Å². The van der Waals surface area contributed by atoms with Crippen LogP contribution in [0.25, 0.3) is 0 Å². The van der Waals surface area contributed by atoms with E-state index in [9.17, 15) is 67.1 Å². The SMILES string of the molecule is CCOC(=O)CCN(CCOC)CCC(=O)OC.COC(=O)CCN(CCOCCOC(C)=O)CCC(=O)OC.COC(=O)CCN(CCOCCOC=O)CCC(=O)OC.COCCN(CCC(=O)OCCOC(C)=O)CCC(=O)OCCOC(C)=O.COCCN(CCOC)CCC(=O)OC1CCOCC1.COCCN(CCOC)CCC(=O)OCC1COCO1. The van der Waals surface area contributed by atoms with Gasteiger partial charge in [-0.3, -0.25) is 96.5 Å². The van der Waals surface area contributed by atoms with Gasteiger partial charge in [-0.1, -0.05) is 0 Å². The lowest BCUT2D eigenvalue weighted by Gasteiger charge is -2.24. The Balaban J connectivity index is -0.000000724. The normalized spacial score (nSPS) is 12.6. The maximum absolute atomic E-state index is 11.8. The van der Waals surface area contributed by atoms with Gasteiger partial charge in [0.25, 0.3) is 6.47 Å². The van der Waals surface area contributed by atoms with Gasteiger partial charge in [0.2, 0.25) is 0 Å². The zero-order valence-electron chi connectivity index (χ0n) is 78.6. The van der Waals surface area contributed by atoms with Crippen LogP contribution in [0.2, 0.25) is 0 Å². The minimum Gasteiger partial charge on any atom is -0.469 e. The third kappa shape index (κ3) is 89.9. The first-order chi connectivity index (χ1) is 61.6. The average Bonchev–Trinajstić information content (AvgIpc) is 1.90. The smallest absolute Gasteiger partial charge is 0.307 e. The van der Waals surface area contributed by atoms with E-state index in [1.165, 1.54) is 56.3 Å². The van der Waals surface area contributed by atoms with Crippen molar-refractivity contribution in [2.24, 2.45) is 0 Å². The quantitative estimate of drug-likeness (QED) is 0.0347. The number of ether oxygens (including phenoxy) is 25. The van der Waals surface area contributed by atoms with Crippen molar-refractivity contribution in [2.45, 2.75) is 117 Å². The maximum Gasteiger partial charge on any atom is 0.307 e. The van der Waals surface area contributed by atoms with Crippen LogP contribution in [0.1, 0.15) is 105 Å². The van der Waals surface area contributed by atoms with Crippen molar-refractivity contribution < 1.29 is 186 Å². The summed E-state index contributed by atoms with van der Waals surface area (Å²) in [5.41, 5.74) is 0. The molecule has 0 amide bonds. The van der Waals surface area contributed by atoms with Gasteiger partial charge in [0.15, 0.2) is 0 Å². The molecule has 0 radical (unpaired) electrons. The topological polar surface area (TPSA) is 489 Å². The van der Waals surface area contributed by atoms with Crippen molar-refractivity contribution >= 4 is 84.1 Å². The first-order valence-electron chi connectivity index (χ1n) is 42.4. The Morgan fingerprint density at radius 3 is 0.844 bits per heavy atom. The van der Waals surface area contributed by atoms with Crippen LogP contribution in [0.5, 0.6) is 0 Å². The third-order valence-corrected chi connectivity index (χ3v) is 17.4. The highest BCUT2D eigenvalue weighted by atomic mass is 16.7. The van der Waals surface area contributed by atoms with Crippen molar-refractivity contribution in [1.29, 1.82) is 0 Å². The molecular formula is C83H152N6O39. The Kier molecular flexibility index (Phi) is 92.2. The molecule has 128 heavy (non-hydrogen) atoms. The summed E-state index contributed by atoms with van der Waals surface area (Å²) in [5, 5.41) is 0. The largest absolute Gasteiger partial charge is 0.469 e. The van der Waals surface area contributed by atoms with Crippen molar-refractivity contribution in [3.8, 4) is 0 Å². The van der Waals surface area contributed by atoms with E-state index < -0.39 is 23.9 Å². The molecule has 45 nitrogen and oxygen atoms in total. The van der Waals surface area contributed by atoms with Crippen molar-refractivity contribution in [3.05, 3.63) is 0 Å². The van der Waals surface area contributed by atoms with E-state index in [-0.39, 0.29) is 157 Å². The number of hydrogen-bond acceptors (Lipinski definition) is 45. The molecule has 2 aliphatic rings. The van der Waals surface area contributed by atoms with Crippen LogP contribution in [0, 0.1) is 0 Å². The molecule has 2 saturated heterocycles. The first kappa shape index (κ1) is 126. The maximum atomic E-state index is 11.8.